The topological polar surface area (TPSA) is 48.4 Å². The molecule has 0 unspecified atom stereocenters. The maximum Gasteiger partial charge on any atom is 0.574 e. The normalized spacial score (nSPS) is 12.2. The van der Waals surface area contributed by atoms with Crippen molar-refractivity contribution in [3.63, 3.8) is 0 Å². The number of carbonyl (C=O) groups excluding carboxylic acids is 1. The summed E-state index contributed by atoms with van der Waals surface area (Å²) in [6.45, 7) is 1.31. The number of hydrogen-bond donors (Lipinski definition) is 0. The first kappa shape index (κ1) is 19.3. The smallest absolute Gasteiger partial charge is 0.466 e. The van der Waals surface area contributed by atoms with Crippen LogP contribution in [0.25, 0.3) is 0 Å². The predicted molar refractivity (Wildman–Crippen MR) is 65.8 cm³/mol. The van der Waals surface area contributed by atoms with Gasteiger partial charge in [-0.15, -0.1) is 24.8 Å². The Hall–Kier alpha value is -1.71. The average molecular weight is 366 g/mol. The van der Waals surface area contributed by atoms with Crippen molar-refractivity contribution in [1.82, 2.24) is 4.98 Å². The highest BCUT2D eigenvalue weighted by Gasteiger charge is 2.39. The number of alkyl halides is 7. The van der Waals surface area contributed by atoms with E-state index in [1.165, 1.54) is 6.92 Å². The Bertz CT molecular complexity index is 573. The summed E-state index contributed by atoms with van der Waals surface area (Å²) < 4.78 is 83.9. The van der Waals surface area contributed by atoms with Gasteiger partial charge in [-0.2, -0.15) is 13.2 Å². The molecule has 0 aliphatic heterocycles. The molecule has 0 aliphatic rings. The third-order valence-electron chi connectivity index (χ3n) is 2.42. The maximum absolute atomic E-state index is 13.1. The number of rotatable bonds is 5. The number of pyridine rings is 1. The van der Waals surface area contributed by atoms with E-state index in [0.29, 0.717) is 6.07 Å². The Kier molecular flexibility index (Phi) is 6.09. The van der Waals surface area contributed by atoms with Gasteiger partial charge in [0.2, 0.25) is 5.88 Å². The van der Waals surface area contributed by atoms with Crippen LogP contribution in [0.5, 0.6) is 5.88 Å². The number of nitrogens with zero attached hydrogens (tertiary/aromatic N) is 1. The molecule has 0 aromatic carbocycles. The Balaban J connectivity index is 3.40. The van der Waals surface area contributed by atoms with Gasteiger partial charge < -0.3 is 9.47 Å². The standard InChI is InChI=1S/C12H10ClF6NO3/c1-2-22-9(21)4-7-10(11(14,15)16)6(5-13)3-8(20-7)23-12(17,18)19/h3H,2,4-5H2,1H3. The molecule has 1 rings (SSSR count). The quantitative estimate of drug-likeness (QED) is 0.452. The second kappa shape index (κ2) is 7.24. The molecule has 1 aromatic heterocycles. The number of ether oxygens (including phenoxy) is 2. The van der Waals surface area contributed by atoms with E-state index in [2.05, 4.69) is 14.5 Å². The molecule has 130 valence electrons. The Labute approximate surface area is 131 Å². The Morgan fingerprint density at radius 2 is 1.87 bits per heavy atom. The fraction of sp³-hybridized carbons (Fsp3) is 0.500. The molecule has 0 saturated heterocycles. The number of aromatic nitrogens is 1. The zero-order chi connectivity index (χ0) is 17.8. The van der Waals surface area contributed by atoms with Crippen molar-refractivity contribution in [3.05, 3.63) is 22.9 Å². The molecule has 0 N–H and O–H groups in total. The van der Waals surface area contributed by atoms with Crippen molar-refractivity contribution in [2.75, 3.05) is 6.61 Å². The molecule has 0 spiro atoms. The number of carbonyl (C=O) groups is 1. The van der Waals surface area contributed by atoms with Crippen LogP contribution in [0, 0.1) is 0 Å². The summed E-state index contributed by atoms with van der Waals surface area (Å²) in [4.78, 5) is 14.5. The number of hydrogen-bond acceptors (Lipinski definition) is 4. The minimum atomic E-state index is -5.16. The first-order valence-corrected chi connectivity index (χ1v) is 6.58. The second-order valence-electron chi connectivity index (χ2n) is 4.10. The SMILES string of the molecule is CCOC(=O)Cc1nc(OC(F)(F)F)cc(CCl)c1C(F)(F)F. The minimum absolute atomic E-state index is 0.110. The summed E-state index contributed by atoms with van der Waals surface area (Å²) in [6, 6.07) is 0.429. The van der Waals surface area contributed by atoms with E-state index < -0.39 is 53.5 Å². The molecular formula is C12H10ClF6NO3. The highest BCUT2D eigenvalue weighted by molar-refractivity contribution is 6.17. The van der Waals surface area contributed by atoms with Crippen LogP contribution in [-0.4, -0.2) is 23.9 Å². The van der Waals surface area contributed by atoms with E-state index >= 15 is 0 Å². The lowest BCUT2D eigenvalue weighted by Gasteiger charge is -2.17. The summed E-state index contributed by atoms with van der Waals surface area (Å²) in [5.74, 6) is -2.96. The van der Waals surface area contributed by atoms with E-state index in [9.17, 15) is 31.1 Å². The van der Waals surface area contributed by atoms with Gasteiger partial charge in [0, 0.05) is 11.9 Å². The lowest BCUT2D eigenvalue weighted by Crippen LogP contribution is -2.22. The lowest BCUT2D eigenvalue weighted by molar-refractivity contribution is -0.276. The van der Waals surface area contributed by atoms with Gasteiger partial charge in [-0.25, -0.2) is 4.98 Å². The zero-order valence-corrected chi connectivity index (χ0v) is 12.3. The van der Waals surface area contributed by atoms with Crippen LogP contribution < -0.4 is 4.74 Å². The Morgan fingerprint density at radius 1 is 1.26 bits per heavy atom. The van der Waals surface area contributed by atoms with Gasteiger partial charge in [-0.3, -0.25) is 4.79 Å². The van der Waals surface area contributed by atoms with Crippen molar-refractivity contribution >= 4 is 17.6 Å². The monoisotopic (exact) mass is 365 g/mol. The molecule has 0 radical (unpaired) electrons. The van der Waals surface area contributed by atoms with Crippen molar-refractivity contribution in [2.45, 2.75) is 31.8 Å². The van der Waals surface area contributed by atoms with Crippen molar-refractivity contribution in [1.29, 1.82) is 0 Å². The average Bonchev–Trinajstić information content (AvgIpc) is 2.34. The second-order valence-corrected chi connectivity index (χ2v) is 4.37. The minimum Gasteiger partial charge on any atom is -0.466 e. The Morgan fingerprint density at radius 3 is 2.30 bits per heavy atom. The highest BCUT2D eigenvalue weighted by atomic mass is 35.5. The van der Waals surface area contributed by atoms with Crippen LogP contribution in [0.4, 0.5) is 26.3 Å². The molecule has 0 fully saturated rings. The third kappa shape index (κ3) is 5.77. The van der Waals surface area contributed by atoms with Crippen LogP contribution >= 0.6 is 11.6 Å². The molecule has 0 bridgehead atoms. The molecule has 1 aromatic rings. The summed E-state index contributed by atoms with van der Waals surface area (Å²) in [7, 11) is 0. The highest BCUT2D eigenvalue weighted by Crippen LogP contribution is 2.37. The molecule has 0 atom stereocenters. The first-order valence-electron chi connectivity index (χ1n) is 6.05. The van der Waals surface area contributed by atoms with Crippen LogP contribution in [0.1, 0.15) is 23.7 Å². The first-order chi connectivity index (χ1) is 10.5. The molecule has 4 nitrogen and oxygen atoms in total. The van der Waals surface area contributed by atoms with Gasteiger partial charge in [0.05, 0.1) is 24.3 Å². The number of esters is 1. The van der Waals surface area contributed by atoms with Crippen molar-refractivity contribution < 1.29 is 40.6 Å². The molecule has 23 heavy (non-hydrogen) atoms. The van der Waals surface area contributed by atoms with Gasteiger partial charge in [-0.05, 0) is 12.5 Å². The molecule has 0 amide bonds. The fourth-order valence-electron chi connectivity index (χ4n) is 1.73. The van der Waals surface area contributed by atoms with E-state index in [-0.39, 0.29) is 6.61 Å². The van der Waals surface area contributed by atoms with E-state index in [0.717, 1.165) is 0 Å². The largest absolute Gasteiger partial charge is 0.574 e. The molecule has 1 heterocycles. The van der Waals surface area contributed by atoms with E-state index in [1.807, 2.05) is 0 Å². The van der Waals surface area contributed by atoms with Crippen LogP contribution in [0.15, 0.2) is 6.07 Å². The summed E-state index contributed by atoms with van der Waals surface area (Å²) in [5.41, 5.74) is -3.02. The van der Waals surface area contributed by atoms with Gasteiger partial charge in [-0.1, -0.05) is 0 Å². The summed E-state index contributed by atoms with van der Waals surface area (Å²) in [6.07, 6.45) is -11.1. The van der Waals surface area contributed by atoms with Crippen LogP contribution in [0.2, 0.25) is 0 Å². The van der Waals surface area contributed by atoms with Gasteiger partial charge in [0.1, 0.15) is 0 Å². The molecular weight excluding hydrogens is 356 g/mol. The molecule has 0 aliphatic carbocycles. The maximum atomic E-state index is 13.1. The summed E-state index contributed by atoms with van der Waals surface area (Å²) in [5, 5.41) is 0. The lowest BCUT2D eigenvalue weighted by atomic mass is 10.0. The fourth-order valence-corrected chi connectivity index (χ4v) is 1.94. The number of halogens is 7. The van der Waals surface area contributed by atoms with Gasteiger partial charge >= 0.3 is 18.5 Å². The van der Waals surface area contributed by atoms with E-state index in [1.54, 1.807) is 0 Å². The van der Waals surface area contributed by atoms with Gasteiger partial charge in [0.25, 0.3) is 0 Å². The van der Waals surface area contributed by atoms with Crippen LogP contribution in [0.3, 0.4) is 0 Å². The molecule has 0 saturated carbocycles. The predicted octanol–water partition coefficient (Wildman–Crippen LogP) is 3.84. The van der Waals surface area contributed by atoms with Crippen molar-refractivity contribution in [2.24, 2.45) is 0 Å². The van der Waals surface area contributed by atoms with Gasteiger partial charge in [0.15, 0.2) is 0 Å². The van der Waals surface area contributed by atoms with E-state index in [4.69, 9.17) is 11.6 Å². The van der Waals surface area contributed by atoms with Crippen LogP contribution in [-0.2, 0) is 28.0 Å². The molecule has 11 heteroatoms. The summed E-state index contributed by atoms with van der Waals surface area (Å²) >= 11 is 5.37. The zero-order valence-electron chi connectivity index (χ0n) is 11.5. The van der Waals surface area contributed by atoms with Crippen molar-refractivity contribution in [3.8, 4) is 5.88 Å². The third-order valence-corrected chi connectivity index (χ3v) is 2.71.